The molecule has 0 aliphatic carbocycles. The average Bonchev–Trinajstić information content (AvgIpc) is 2.65. The molecule has 0 fully saturated rings. The molecule has 1 rings (SSSR count). The van der Waals surface area contributed by atoms with Crippen LogP contribution in [0.3, 0.4) is 0 Å². The van der Waals surface area contributed by atoms with Gasteiger partial charge in [-0.2, -0.15) is 0 Å². The van der Waals surface area contributed by atoms with Gasteiger partial charge in [0.25, 0.3) is 5.91 Å². The minimum Gasteiger partial charge on any atom is -0.436 e. The van der Waals surface area contributed by atoms with Gasteiger partial charge >= 0.3 is 0 Å². The van der Waals surface area contributed by atoms with E-state index < -0.39 is 0 Å². The lowest BCUT2D eigenvalue weighted by Gasteiger charge is -2.30. The number of oxazole rings is 1. The van der Waals surface area contributed by atoms with Crippen molar-refractivity contribution >= 4 is 21.8 Å². The Morgan fingerprint density at radius 3 is 2.35 bits per heavy atom. The van der Waals surface area contributed by atoms with Gasteiger partial charge in [0, 0.05) is 17.8 Å². The summed E-state index contributed by atoms with van der Waals surface area (Å²) in [7, 11) is 0. The summed E-state index contributed by atoms with van der Waals surface area (Å²) in [6, 6.07) is 0. The lowest BCUT2D eigenvalue weighted by Crippen LogP contribution is -2.49. The maximum Gasteiger partial charge on any atom is 0.289 e. The number of carbonyl (C=O) groups excluding carboxylic acids is 1. The molecular weight excluding hydrogens is 284 g/mol. The molecule has 0 aliphatic rings. The molecule has 1 aromatic heterocycles. The summed E-state index contributed by atoms with van der Waals surface area (Å²) in [6.45, 7) is 7.63. The second-order valence-corrected chi connectivity index (χ2v) is 4.78. The topological polar surface area (TPSA) is 55.1 Å². The van der Waals surface area contributed by atoms with Crippen LogP contribution in [-0.4, -0.2) is 21.8 Å². The number of aromatic nitrogens is 1. The first kappa shape index (κ1) is 14.2. The Morgan fingerprint density at radius 1 is 1.41 bits per heavy atom. The van der Waals surface area contributed by atoms with Crippen LogP contribution in [-0.2, 0) is 0 Å². The van der Waals surface area contributed by atoms with Crippen LogP contribution in [0.1, 0.15) is 48.8 Å². The highest BCUT2D eigenvalue weighted by Crippen LogP contribution is 2.19. The standard InChI is InChI=1S/C12H19BrN2O2/c1-5-12(6-2,7-13)15-11(16)10-8(3)14-9(4)17-10/h5-7H2,1-4H3,(H,15,16). The van der Waals surface area contributed by atoms with Crippen molar-refractivity contribution < 1.29 is 9.21 Å². The third kappa shape index (κ3) is 3.09. The molecule has 1 amide bonds. The molecule has 4 nitrogen and oxygen atoms in total. The van der Waals surface area contributed by atoms with Gasteiger partial charge < -0.3 is 9.73 Å². The van der Waals surface area contributed by atoms with Crippen molar-refractivity contribution in [1.82, 2.24) is 10.3 Å². The largest absolute Gasteiger partial charge is 0.436 e. The first-order valence-corrected chi connectivity index (χ1v) is 6.92. The molecule has 0 atom stereocenters. The summed E-state index contributed by atoms with van der Waals surface area (Å²) in [5, 5.41) is 3.76. The van der Waals surface area contributed by atoms with Crippen LogP contribution >= 0.6 is 15.9 Å². The molecule has 0 bridgehead atoms. The molecule has 0 unspecified atom stereocenters. The number of rotatable bonds is 5. The van der Waals surface area contributed by atoms with E-state index in [-0.39, 0.29) is 11.4 Å². The molecule has 0 saturated heterocycles. The van der Waals surface area contributed by atoms with Crippen molar-refractivity contribution in [2.75, 3.05) is 5.33 Å². The highest BCUT2D eigenvalue weighted by atomic mass is 79.9. The van der Waals surface area contributed by atoms with Crippen LogP contribution in [0.15, 0.2) is 4.42 Å². The number of halogens is 1. The number of aryl methyl sites for hydroxylation is 2. The normalized spacial score (nSPS) is 11.6. The lowest BCUT2D eigenvalue weighted by atomic mass is 9.95. The minimum absolute atomic E-state index is 0.189. The summed E-state index contributed by atoms with van der Waals surface area (Å²) < 4.78 is 5.32. The van der Waals surface area contributed by atoms with E-state index in [4.69, 9.17) is 4.42 Å². The van der Waals surface area contributed by atoms with E-state index in [0.29, 0.717) is 17.3 Å². The molecule has 0 aromatic carbocycles. The Balaban J connectivity index is 2.88. The van der Waals surface area contributed by atoms with E-state index in [2.05, 4.69) is 40.1 Å². The predicted octanol–water partition coefficient (Wildman–Crippen LogP) is 2.97. The van der Waals surface area contributed by atoms with Gasteiger partial charge in [-0.05, 0) is 19.8 Å². The number of hydrogen-bond donors (Lipinski definition) is 1. The second-order valence-electron chi connectivity index (χ2n) is 4.22. The van der Waals surface area contributed by atoms with E-state index in [1.165, 1.54) is 0 Å². The molecule has 0 radical (unpaired) electrons. The molecule has 1 heterocycles. The summed E-state index contributed by atoms with van der Waals surface area (Å²) in [6.07, 6.45) is 1.74. The van der Waals surface area contributed by atoms with E-state index in [9.17, 15) is 4.79 Å². The zero-order valence-electron chi connectivity index (χ0n) is 10.8. The maximum absolute atomic E-state index is 12.1. The maximum atomic E-state index is 12.1. The van der Waals surface area contributed by atoms with Gasteiger partial charge in [0.15, 0.2) is 5.89 Å². The molecule has 5 heteroatoms. The fourth-order valence-corrected chi connectivity index (χ4v) is 2.62. The van der Waals surface area contributed by atoms with E-state index >= 15 is 0 Å². The fourth-order valence-electron chi connectivity index (χ4n) is 1.69. The zero-order valence-corrected chi connectivity index (χ0v) is 12.3. The summed E-state index contributed by atoms with van der Waals surface area (Å²) in [5.41, 5.74) is 0.417. The summed E-state index contributed by atoms with van der Waals surface area (Å²) >= 11 is 3.46. The first-order chi connectivity index (χ1) is 7.98. The molecule has 0 saturated carbocycles. The molecule has 1 N–H and O–H groups in total. The van der Waals surface area contributed by atoms with E-state index in [1.807, 2.05) is 0 Å². The molecule has 17 heavy (non-hydrogen) atoms. The number of carbonyl (C=O) groups is 1. The van der Waals surface area contributed by atoms with Gasteiger partial charge in [-0.25, -0.2) is 4.98 Å². The van der Waals surface area contributed by atoms with Crippen molar-refractivity contribution in [1.29, 1.82) is 0 Å². The van der Waals surface area contributed by atoms with Gasteiger partial charge in [0.2, 0.25) is 5.76 Å². The van der Waals surface area contributed by atoms with Crippen LogP contribution in [0.5, 0.6) is 0 Å². The molecule has 0 aliphatic heterocycles. The average molecular weight is 303 g/mol. The predicted molar refractivity (Wildman–Crippen MR) is 70.6 cm³/mol. The number of hydrogen-bond acceptors (Lipinski definition) is 3. The monoisotopic (exact) mass is 302 g/mol. The van der Waals surface area contributed by atoms with Crippen molar-refractivity contribution in [2.24, 2.45) is 0 Å². The van der Waals surface area contributed by atoms with E-state index in [0.717, 1.165) is 18.2 Å². The Labute approximate surface area is 110 Å². The number of nitrogens with one attached hydrogen (secondary N) is 1. The van der Waals surface area contributed by atoms with Crippen LogP contribution in [0.2, 0.25) is 0 Å². The smallest absolute Gasteiger partial charge is 0.289 e. The highest BCUT2D eigenvalue weighted by Gasteiger charge is 2.29. The Bertz CT molecular complexity index is 389. The summed E-state index contributed by atoms with van der Waals surface area (Å²) in [5.74, 6) is 0.645. The van der Waals surface area contributed by atoms with Crippen LogP contribution in [0.25, 0.3) is 0 Å². The number of nitrogens with zero attached hydrogens (tertiary/aromatic N) is 1. The van der Waals surface area contributed by atoms with Crippen molar-refractivity contribution in [3.63, 3.8) is 0 Å². The van der Waals surface area contributed by atoms with Crippen molar-refractivity contribution in [3.8, 4) is 0 Å². The third-order valence-corrected chi connectivity index (χ3v) is 4.17. The van der Waals surface area contributed by atoms with Crippen LogP contribution < -0.4 is 5.32 Å². The minimum atomic E-state index is -0.218. The fraction of sp³-hybridized carbons (Fsp3) is 0.667. The van der Waals surface area contributed by atoms with Gasteiger partial charge in [-0.3, -0.25) is 4.79 Å². The van der Waals surface area contributed by atoms with Crippen LogP contribution in [0.4, 0.5) is 0 Å². The Kier molecular flexibility index (Phi) is 4.74. The van der Waals surface area contributed by atoms with Gasteiger partial charge in [0.1, 0.15) is 0 Å². The first-order valence-electron chi connectivity index (χ1n) is 5.80. The second kappa shape index (κ2) is 5.67. The number of amides is 1. The Morgan fingerprint density at radius 2 is 2.00 bits per heavy atom. The van der Waals surface area contributed by atoms with Gasteiger partial charge in [-0.15, -0.1) is 0 Å². The van der Waals surface area contributed by atoms with Crippen molar-refractivity contribution in [2.45, 2.75) is 46.1 Å². The lowest BCUT2D eigenvalue weighted by molar-refractivity contribution is 0.0873. The van der Waals surface area contributed by atoms with Gasteiger partial charge in [0.05, 0.1) is 5.69 Å². The quantitative estimate of drug-likeness (QED) is 0.851. The van der Waals surface area contributed by atoms with Crippen molar-refractivity contribution in [3.05, 3.63) is 17.3 Å². The molecule has 96 valence electrons. The molecule has 0 spiro atoms. The molecular formula is C12H19BrN2O2. The summed E-state index contributed by atoms with van der Waals surface area (Å²) in [4.78, 5) is 16.2. The highest BCUT2D eigenvalue weighted by molar-refractivity contribution is 9.09. The number of alkyl halides is 1. The molecule has 1 aromatic rings. The SMILES string of the molecule is CCC(CC)(CBr)NC(=O)c1oc(C)nc1C. The third-order valence-electron chi connectivity index (χ3n) is 3.10. The Hall–Kier alpha value is -0.840. The zero-order chi connectivity index (χ0) is 13.1. The van der Waals surface area contributed by atoms with Crippen LogP contribution in [0, 0.1) is 13.8 Å². The van der Waals surface area contributed by atoms with Gasteiger partial charge in [-0.1, -0.05) is 29.8 Å². The van der Waals surface area contributed by atoms with E-state index in [1.54, 1.807) is 13.8 Å².